The fraction of sp³-hybridized carbons (Fsp3) is 0.400. The van der Waals surface area contributed by atoms with Crippen LogP contribution < -0.4 is 5.32 Å². The highest BCUT2D eigenvalue weighted by Crippen LogP contribution is 2.19. The summed E-state index contributed by atoms with van der Waals surface area (Å²) in [5, 5.41) is 3.14. The molecule has 0 bridgehead atoms. The van der Waals surface area contributed by atoms with Gasteiger partial charge in [0.05, 0.1) is 6.33 Å². The number of nitrogens with zero attached hydrogens (tertiary/aromatic N) is 4. The van der Waals surface area contributed by atoms with Gasteiger partial charge in [0.1, 0.15) is 17.9 Å². The number of hydrogen-bond acceptors (Lipinski definition) is 5. The Morgan fingerprint density at radius 1 is 1.47 bits per heavy atom. The summed E-state index contributed by atoms with van der Waals surface area (Å²) in [6.07, 6.45) is 3.79. The van der Waals surface area contributed by atoms with E-state index in [0.29, 0.717) is 11.5 Å². The predicted molar refractivity (Wildman–Crippen MR) is 61.3 cm³/mol. The van der Waals surface area contributed by atoms with Gasteiger partial charge < -0.3 is 15.2 Å². The van der Waals surface area contributed by atoms with E-state index in [9.17, 15) is 4.79 Å². The zero-order valence-electron chi connectivity index (χ0n) is 9.34. The first-order chi connectivity index (χ1) is 8.25. The average Bonchev–Trinajstić information content (AvgIpc) is 2.91. The van der Waals surface area contributed by atoms with Crippen molar-refractivity contribution in [3.8, 4) is 0 Å². The number of nitrogens with one attached hydrogen (secondary N) is 2. The van der Waals surface area contributed by atoms with Crippen LogP contribution in [-0.2, 0) is 4.79 Å². The van der Waals surface area contributed by atoms with Gasteiger partial charge in [-0.15, -0.1) is 0 Å². The lowest BCUT2D eigenvalue weighted by molar-refractivity contribution is -0.127. The van der Waals surface area contributed by atoms with E-state index in [1.807, 2.05) is 0 Å². The molecular weight excluding hydrogens is 220 g/mol. The highest BCUT2D eigenvalue weighted by Gasteiger charge is 2.29. The van der Waals surface area contributed by atoms with Crippen molar-refractivity contribution in [1.82, 2.24) is 24.8 Å². The van der Waals surface area contributed by atoms with Crippen molar-refractivity contribution in [1.29, 1.82) is 0 Å². The Hall–Kier alpha value is -2.18. The molecule has 0 aromatic carbocycles. The van der Waals surface area contributed by atoms with E-state index in [4.69, 9.17) is 0 Å². The summed E-state index contributed by atoms with van der Waals surface area (Å²) in [7, 11) is 1.80. The largest absolute Gasteiger partial charge is 0.356 e. The first-order valence-electron chi connectivity index (χ1n) is 5.41. The molecule has 3 heterocycles. The van der Waals surface area contributed by atoms with Crippen LogP contribution in [-0.4, -0.2) is 50.4 Å². The van der Waals surface area contributed by atoms with Crippen LogP contribution in [0.3, 0.4) is 0 Å². The van der Waals surface area contributed by atoms with Crippen LogP contribution in [0, 0.1) is 0 Å². The Bertz CT molecular complexity index is 565. The number of imidazole rings is 1. The maximum atomic E-state index is 11.8. The summed E-state index contributed by atoms with van der Waals surface area (Å²) >= 11 is 0. The van der Waals surface area contributed by atoms with Gasteiger partial charge in [0, 0.05) is 13.6 Å². The first kappa shape index (κ1) is 10.0. The summed E-state index contributed by atoms with van der Waals surface area (Å²) in [4.78, 5) is 28.7. The molecule has 2 aromatic heterocycles. The predicted octanol–water partition coefficient (Wildman–Crippen LogP) is -0.00450. The zero-order valence-corrected chi connectivity index (χ0v) is 9.34. The lowest BCUT2D eigenvalue weighted by Gasteiger charge is -2.12. The standard InChI is InChI=1S/C10H12N6O/c1-16-3-2-6(10(16)17)15-9-7-8(12-4-11-7)13-5-14-9/h4-6H,2-3H2,1H3,(H2,11,12,13,14,15). The molecule has 0 radical (unpaired) electrons. The van der Waals surface area contributed by atoms with E-state index in [0.717, 1.165) is 18.5 Å². The normalized spacial score (nSPS) is 20.2. The minimum absolute atomic E-state index is 0.0938. The highest BCUT2D eigenvalue weighted by molar-refractivity contribution is 5.89. The minimum atomic E-state index is -0.207. The molecule has 0 aliphatic carbocycles. The molecule has 17 heavy (non-hydrogen) atoms. The molecule has 1 amide bonds. The van der Waals surface area contributed by atoms with Crippen LogP contribution in [0.1, 0.15) is 6.42 Å². The summed E-state index contributed by atoms with van der Waals surface area (Å²) in [5.41, 5.74) is 1.33. The maximum Gasteiger partial charge on any atom is 0.244 e. The van der Waals surface area contributed by atoms with Gasteiger partial charge in [-0.2, -0.15) is 0 Å². The quantitative estimate of drug-likeness (QED) is 0.760. The lowest BCUT2D eigenvalue weighted by atomic mass is 10.2. The Kier molecular flexibility index (Phi) is 2.17. The number of anilines is 1. The van der Waals surface area contributed by atoms with Gasteiger partial charge in [-0.3, -0.25) is 4.79 Å². The number of carbonyl (C=O) groups is 1. The lowest BCUT2D eigenvalue weighted by Crippen LogP contribution is -2.31. The molecular formula is C10H12N6O. The summed E-state index contributed by atoms with van der Waals surface area (Å²) in [6, 6.07) is -0.207. The van der Waals surface area contributed by atoms with Gasteiger partial charge in [0.15, 0.2) is 11.5 Å². The molecule has 7 nitrogen and oxygen atoms in total. The maximum absolute atomic E-state index is 11.8. The van der Waals surface area contributed by atoms with Crippen molar-refractivity contribution in [2.24, 2.45) is 0 Å². The summed E-state index contributed by atoms with van der Waals surface area (Å²) < 4.78 is 0. The smallest absolute Gasteiger partial charge is 0.244 e. The molecule has 88 valence electrons. The van der Waals surface area contributed by atoms with E-state index in [1.54, 1.807) is 18.3 Å². The third-order valence-electron chi connectivity index (χ3n) is 2.96. The Balaban J connectivity index is 1.90. The van der Waals surface area contributed by atoms with Crippen LogP contribution in [0.15, 0.2) is 12.7 Å². The summed E-state index contributed by atoms with van der Waals surface area (Å²) in [5.74, 6) is 0.720. The van der Waals surface area contributed by atoms with E-state index < -0.39 is 0 Å². The molecule has 7 heteroatoms. The number of hydrogen-bond donors (Lipinski definition) is 2. The molecule has 0 spiro atoms. The molecule has 1 unspecified atom stereocenters. The third-order valence-corrected chi connectivity index (χ3v) is 2.96. The van der Waals surface area contributed by atoms with E-state index in [2.05, 4.69) is 25.3 Å². The first-order valence-corrected chi connectivity index (χ1v) is 5.41. The van der Waals surface area contributed by atoms with Crippen molar-refractivity contribution < 1.29 is 4.79 Å². The van der Waals surface area contributed by atoms with Crippen LogP contribution in [0.5, 0.6) is 0 Å². The van der Waals surface area contributed by atoms with Crippen molar-refractivity contribution in [3.05, 3.63) is 12.7 Å². The number of amides is 1. The molecule has 3 rings (SSSR count). The molecule has 2 N–H and O–H groups in total. The van der Waals surface area contributed by atoms with E-state index in [-0.39, 0.29) is 11.9 Å². The van der Waals surface area contributed by atoms with Gasteiger partial charge in [-0.25, -0.2) is 15.0 Å². The van der Waals surface area contributed by atoms with Gasteiger partial charge in [0.2, 0.25) is 5.91 Å². The second-order valence-corrected chi connectivity index (χ2v) is 4.07. The molecule has 1 fully saturated rings. The topological polar surface area (TPSA) is 86.8 Å². The van der Waals surface area contributed by atoms with Crippen molar-refractivity contribution in [2.45, 2.75) is 12.5 Å². The number of likely N-dealkylation sites (N-methyl/N-ethyl adjacent to an activating group) is 1. The van der Waals surface area contributed by atoms with E-state index >= 15 is 0 Å². The van der Waals surface area contributed by atoms with Gasteiger partial charge in [-0.1, -0.05) is 0 Å². The molecule has 1 atom stereocenters. The number of H-pyrrole nitrogens is 1. The SMILES string of the molecule is CN1CCC(Nc2ncnc3nc[nH]c23)C1=O. The highest BCUT2D eigenvalue weighted by atomic mass is 16.2. The number of aromatic amines is 1. The van der Waals surface area contributed by atoms with Crippen LogP contribution in [0.2, 0.25) is 0 Å². The monoisotopic (exact) mass is 232 g/mol. The molecule has 1 saturated heterocycles. The summed E-state index contributed by atoms with van der Waals surface area (Å²) in [6.45, 7) is 0.772. The fourth-order valence-corrected chi connectivity index (χ4v) is 2.00. The zero-order chi connectivity index (χ0) is 11.8. The molecule has 2 aromatic rings. The fourth-order valence-electron chi connectivity index (χ4n) is 2.00. The van der Waals surface area contributed by atoms with Crippen LogP contribution in [0.25, 0.3) is 11.2 Å². The van der Waals surface area contributed by atoms with Gasteiger partial charge in [0.25, 0.3) is 0 Å². The number of carbonyl (C=O) groups excluding carboxylic acids is 1. The molecule has 1 aliphatic rings. The Morgan fingerprint density at radius 3 is 3.12 bits per heavy atom. The number of likely N-dealkylation sites (tertiary alicyclic amines) is 1. The van der Waals surface area contributed by atoms with Gasteiger partial charge >= 0.3 is 0 Å². The number of aromatic nitrogens is 4. The second kappa shape index (κ2) is 3.69. The van der Waals surface area contributed by atoms with Crippen molar-refractivity contribution in [2.75, 3.05) is 18.9 Å². The number of fused-ring (bicyclic) bond motifs is 1. The van der Waals surface area contributed by atoms with Gasteiger partial charge in [-0.05, 0) is 6.42 Å². The Labute approximate surface area is 97.3 Å². The van der Waals surface area contributed by atoms with Crippen molar-refractivity contribution in [3.63, 3.8) is 0 Å². The molecule has 0 saturated carbocycles. The third kappa shape index (κ3) is 1.59. The van der Waals surface area contributed by atoms with Crippen molar-refractivity contribution >= 4 is 22.9 Å². The minimum Gasteiger partial charge on any atom is -0.356 e. The molecule has 1 aliphatic heterocycles. The van der Waals surface area contributed by atoms with Crippen LogP contribution in [0.4, 0.5) is 5.82 Å². The van der Waals surface area contributed by atoms with Crippen LogP contribution >= 0.6 is 0 Å². The average molecular weight is 232 g/mol. The number of rotatable bonds is 2. The Morgan fingerprint density at radius 2 is 2.35 bits per heavy atom. The van der Waals surface area contributed by atoms with E-state index in [1.165, 1.54) is 6.33 Å². The second-order valence-electron chi connectivity index (χ2n) is 4.07.